The third-order valence-corrected chi connectivity index (χ3v) is 4.71. The van der Waals surface area contributed by atoms with Gasteiger partial charge in [0.2, 0.25) is 0 Å². The van der Waals surface area contributed by atoms with Gasteiger partial charge in [-0.1, -0.05) is 13.3 Å². The molecule has 1 atom stereocenters. The van der Waals surface area contributed by atoms with Crippen molar-refractivity contribution in [3.8, 4) is 0 Å². The smallest absolute Gasteiger partial charge is 0.193 e. The fourth-order valence-corrected chi connectivity index (χ4v) is 3.30. The van der Waals surface area contributed by atoms with Gasteiger partial charge in [0.25, 0.3) is 0 Å². The SMILES string of the molecule is CCCCOCCCN=C(NCC)N1CCC(N2CCOCC2)C1.I. The van der Waals surface area contributed by atoms with Crippen LogP contribution < -0.4 is 5.32 Å². The maximum Gasteiger partial charge on any atom is 0.193 e. The van der Waals surface area contributed by atoms with Crippen LogP contribution >= 0.6 is 24.0 Å². The van der Waals surface area contributed by atoms with Crippen LogP contribution in [0.1, 0.15) is 39.5 Å². The summed E-state index contributed by atoms with van der Waals surface area (Å²) in [4.78, 5) is 9.80. The van der Waals surface area contributed by atoms with E-state index in [1.54, 1.807) is 0 Å². The van der Waals surface area contributed by atoms with Gasteiger partial charge in [-0.05, 0) is 26.2 Å². The number of nitrogens with one attached hydrogen (secondary N) is 1. The molecule has 0 aromatic heterocycles. The lowest BCUT2D eigenvalue weighted by Gasteiger charge is -2.32. The number of nitrogens with zero attached hydrogens (tertiary/aromatic N) is 3. The Morgan fingerprint density at radius 1 is 1.16 bits per heavy atom. The molecule has 1 N–H and O–H groups in total. The molecule has 2 rings (SSSR count). The predicted molar refractivity (Wildman–Crippen MR) is 114 cm³/mol. The Bertz CT molecular complexity index is 365. The van der Waals surface area contributed by atoms with Crippen LogP contribution in [0.5, 0.6) is 0 Å². The van der Waals surface area contributed by atoms with Gasteiger partial charge in [-0.25, -0.2) is 0 Å². The molecule has 0 saturated carbocycles. The highest BCUT2D eigenvalue weighted by Gasteiger charge is 2.30. The number of hydrogen-bond acceptors (Lipinski definition) is 4. The number of morpholine rings is 1. The van der Waals surface area contributed by atoms with Crippen molar-refractivity contribution >= 4 is 29.9 Å². The largest absolute Gasteiger partial charge is 0.381 e. The molecule has 0 radical (unpaired) electrons. The highest BCUT2D eigenvalue weighted by molar-refractivity contribution is 14.0. The Hall–Kier alpha value is -0.120. The van der Waals surface area contributed by atoms with E-state index in [2.05, 4.69) is 29.0 Å². The van der Waals surface area contributed by atoms with E-state index in [1.165, 1.54) is 12.8 Å². The Labute approximate surface area is 170 Å². The quantitative estimate of drug-likeness (QED) is 0.243. The lowest BCUT2D eigenvalue weighted by atomic mass is 10.2. The summed E-state index contributed by atoms with van der Waals surface area (Å²) in [5.74, 6) is 1.07. The molecule has 1 unspecified atom stereocenters. The van der Waals surface area contributed by atoms with Crippen molar-refractivity contribution in [3.63, 3.8) is 0 Å². The van der Waals surface area contributed by atoms with Gasteiger partial charge < -0.3 is 19.7 Å². The monoisotopic (exact) mass is 468 g/mol. The molecule has 0 bridgehead atoms. The fourth-order valence-electron chi connectivity index (χ4n) is 3.30. The molecule has 2 saturated heterocycles. The van der Waals surface area contributed by atoms with Crippen LogP contribution in [0, 0.1) is 0 Å². The molecule has 0 aromatic carbocycles. The average Bonchev–Trinajstić information content (AvgIpc) is 3.11. The molecule has 2 aliphatic heterocycles. The number of ether oxygens (including phenoxy) is 2. The second kappa shape index (κ2) is 14.0. The maximum absolute atomic E-state index is 5.62. The van der Waals surface area contributed by atoms with Gasteiger partial charge in [0.1, 0.15) is 0 Å². The minimum absolute atomic E-state index is 0. The van der Waals surface area contributed by atoms with Crippen molar-refractivity contribution in [1.82, 2.24) is 15.1 Å². The first-order valence-corrected chi connectivity index (χ1v) is 9.78. The number of likely N-dealkylation sites (tertiary alicyclic amines) is 1. The second-order valence-electron chi connectivity index (χ2n) is 6.59. The molecule has 148 valence electrons. The fraction of sp³-hybridized carbons (Fsp3) is 0.944. The van der Waals surface area contributed by atoms with E-state index >= 15 is 0 Å². The average molecular weight is 468 g/mol. The summed E-state index contributed by atoms with van der Waals surface area (Å²) in [6.07, 6.45) is 4.58. The van der Waals surface area contributed by atoms with Crippen LogP contribution in [0.3, 0.4) is 0 Å². The number of aliphatic imine (C=N–C) groups is 1. The number of rotatable bonds is 9. The van der Waals surface area contributed by atoms with Gasteiger partial charge in [0.15, 0.2) is 5.96 Å². The minimum atomic E-state index is 0. The maximum atomic E-state index is 5.62. The predicted octanol–water partition coefficient (Wildman–Crippen LogP) is 2.18. The first-order valence-electron chi connectivity index (χ1n) is 9.78. The van der Waals surface area contributed by atoms with Crippen LogP contribution in [0.4, 0.5) is 0 Å². The summed E-state index contributed by atoms with van der Waals surface area (Å²) in [5.41, 5.74) is 0. The van der Waals surface area contributed by atoms with Gasteiger partial charge in [-0.15, -0.1) is 24.0 Å². The molecule has 25 heavy (non-hydrogen) atoms. The molecular weight excluding hydrogens is 431 g/mol. The van der Waals surface area contributed by atoms with Crippen molar-refractivity contribution in [3.05, 3.63) is 0 Å². The van der Waals surface area contributed by atoms with Crippen molar-refractivity contribution in [1.29, 1.82) is 0 Å². The van der Waals surface area contributed by atoms with E-state index in [9.17, 15) is 0 Å². The van der Waals surface area contributed by atoms with Crippen LogP contribution in [-0.4, -0.2) is 87.5 Å². The molecule has 2 aliphatic rings. The van der Waals surface area contributed by atoms with E-state index in [4.69, 9.17) is 14.5 Å². The van der Waals surface area contributed by atoms with E-state index in [-0.39, 0.29) is 24.0 Å². The molecule has 2 heterocycles. The van der Waals surface area contributed by atoms with Crippen LogP contribution in [0.25, 0.3) is 0 Å². The lowest BCUT2D eigenvalue weighted by molar-refractivity contribution is 0.0195. The summed E-state index contributed by atoms with van der Waals surface area (Å²) >= 11 is 0. The van der Waals surface area contributed by atoms with Crippen LogP contribution in [-0.2, 0) is 9.47 Å². The summed E-state index contributed by atoms with van der Waals surface area (Å²) in [5, 5.41) is 3.45. The van der Waals surface area contributed by atoms with Crippen LogP contribution in [0.2, 0.25) is 0 Å². The van der Waals surface area contributed by atoms with E-state index in [0.29, 0.717) is 6.04 Å². The zero-order valence-electron chi connectivity index (χ0n) is 16.0. The first kappa shape index (κ1) is 22.9. The Balaban J connectivity index is 0.00000312. The van der Waals surface area contributed by atoms with Crippen LogP contribution in [0.15, 0.2) is 4.99 Å². The molecular formula is C18H37IN4O2. The summed E-state index contributed by atoms with van der Waals surface area (Å²) in [6, 6.07) is 0.648. The summed E-state index contributed by atoms with van der Waals surface area (Å²) < 4.78 is 11.1. The number of guanidine groups is 1. The second-order valence-corrected chi connectivity index (χ2v) is 6.59. The van der Waals surface area contributed by atoms with Gasteiger partial charge in [-0.2, -0.15) is 0 Å². The van der Waals surface area contributed by atoms with Gasteiger partial charge >= 0.3 is 0 Å². The Morgan fingerprint density at radius 2 is 1.92 bits per heavy atom. The third-order valence-electron chi connectivity index (χ3n) is 4.71. The molecule has 6 nitrogen and oxygen atoms in total. The van der Waals surface area contributed by atoms with E-state index in [1.807, 2.05) is 0 Å². The number of halogens is 1. The summed E-state index contributed by atoms with van der Waals surface area (Å²) in [6.45, 7) is 13.9. The third kappa shape index (κ3) is 8.41. The lowest BCUT2D eigenvalue weighted by Crippen LogP contribution is -2.46. The van der Waals surface area contributed by atoms with Crippen molar-refractivity contribution in [2.75, 3.05) is 65.7 Å². The summed E-state index contributed by atoms with van der Waals surface area (Å²) in [7, 11) is 0. The topological polar surface area (TPSA) is 49.3 Å². The minimum Gasteiger partial charge on any atom is -0.381 e. The molecule has 0 aliphatic carbocycles. The van der Waals surface area contributed by atoms with Crippen molar-refractivity contribution in [2.45, 2.75) is 45.6 Å². The molecule has 2 fully saturated rings. The number of hydrogen-bond donors (Lipinski definition) is 1. The van der Waals surface area contributed by atoms with Gasteiger partial charge in [-0.3, -0.25) is 9.89 Å². The Kier molecular flexibility index (Phi) is 12.8. The normalized spacial score (nSPS) is 22.1. The Morgan fingerprint density at radius 3 is 2.64 bits per heavy atom. The van der Waals surface area contributed by atoms with Crippen molar-refractivity contribution in [2.24, 2.45) is 4.99 Å². The van der Waals surface area contributed by atoms with Crippen molar-refractivity contribution < 1.29 is 9.47 Å². The molecule has 0 spiro atoms. The zero-order valence-corrected chi connectivity index (χ0v) is 18.4. The number of unbranched alkanes of at least 4 members (excludes halogenated alkanes) is 1. The first-order chi connectivity index (χ1) is 11.8. The zero-order chi connectivity index (χ0) is 17.0. The standard InChI is InChI=1S/C18H36N4O2.HI/c1-3-5-12-23-13-6-8-20-18(19-4-2)22-9-7-17(16-22)21-10-14-24-15-11-21;/h17H,3-16H2,1-2H3,(H,19,20);1H. The highest BCUT2D eigenvalue weighted by Crippen LogP contribution is 2.17. The van der Waals surface area contributed by atoms with Gasteiger partial charge in [0, 0.05) is 58.5 Å². The molecule has 7 heteroatoms. The van der Waals surface area contributed by atoms with E-state index < -0.39 is 0 Å². The van der Waals surface area contributed by atoms with Gasteiger partial charge in [0.05, 0.1) is 13.2 Å². The van der Waals surface area contributed by atoms with E-state index in [0.717, 1.165) is 84.5 Å². The highest BCUT2D eigenvalue weighted by atomic mass is 127. The molecule has 0 amide bonds. The molecule has 0 aromatic rings.